The second kappa shape index (κ2) is 10.2. The Morgan fingerprint density at radius 1 is 1.30 bits per heavy atom. The minimum atomic E-state index is -0.709. The molecule has 0 radical (unpaired) electrons. The Labute approximate surface area is 165 Å². The van der Waals surface area contributed by atoms with Gasteiger partial charge < -0.3 is 15.2 Å². The Hall–Kier alpha value is -2.21. The molecule has 1 heterocycles. The lowest BCUT2D eigenvalue weighted by atomic mass is 10.0. The first-order chi connectivity index (χ1) is 12.9. The van der Waals surface area contributed by atoms with Crippen LogP contribution in [0.3, 0.4) is 0 Å². The van der Waals surface area contributed by atoms with Gasteiger partial charge in [-0.1, -0.05) is 41.9 Å². The van der Waals surface area contributed by atoms with Crippen LogP contribution in [0.1, 0.15) is 36.8 Å². The van der Waals surface area contributed by atoms with Crippen molar-refractivity contribution in [2.24, 2.45) is 0 Å². The fourth-order valence-electron chi connectivity index (χ4n) is 2.68. The lowest BCUT2D eigenvalue weighted by Gasteiger charge is -2.17. The van der Waals surface area contributed by atoms with Crippen LogP contribution < -0.4 is 5.32 Å². The molecule has 0 unspecified atom stereocenters. The number of aromatic nitrogens is 1. The number of ether oxygens (including phenoxy) is 1. The summed E-state index contributed by atoms with van der Waals surface area (Å²) in [6, 6.07) is 13.4. The summed E-state index contributed by atoms with van der Waals surface area (Å²) < 4.78 is 4.65. The lowest BCUT2D eigenvalue weighted by Crippen LogP contribution is -2.32. The summed E-state index contributed by atoms with van der Waals surface area (Å²) in [6.07, 6.45) is 1.58. The van der Waals surface area contributed by atoms with E-state index < -0.39 is 6.10 Å². The highest BCUT2D eigenvalue weighted by molar-refractivity contribution is 6.29. The van der Waals surface area contributed by atoms with Gasteiger partial charge in [0.25, 0.3) is 0 Å². The second-order valence-corrected chi connectivity index (χ2v) is 6.85. The van der Waals surface area contributed by atoms with E-state index in [0.717, 1.165) is 17.6 Å². The first-order valence-electron chi connectivity index (χ1n) is 8.78. The van der Waals surface area contributed by atoms with Gasteiger partial charge in [-0.3, -0.25) is 0 Å². The molecule has 2 aromatic rings. The van der Waals surface area contributed by atoms with E-state index in [-0.39, 0.29) is 12.0 Å². The van der Waals surface area contributed by atoms with Gasteiger partial charge in [-0.15, -0.1) is 0 Å². The van der Waals surface area contributed by atoms with E-state index in [1.807, 2.05) is 31.2 Å². The zero-order chi connectivity index (χ0) is 19.8. The minimum Gasteiger partial charge on any atom is -0.466 e. The van der Waals surface area contributed by atoms with Gasteiger partial charge in [-0.25, -0.2) is 9.78 Å². The number of nitrogens with zero attached hydrogens (tertiary/aromatic N) is 1. The van der Waals surface area contributed by atoms with Crippen LogP contribution >= 0.6 is 11.6 Å². The number of esters is 1. The van der Waals surface area contributed by atoms with Gasteiger partial charge in [0.1, 0.15) is 11.3 Å². The number of methoxy groups -OCH3 is 1. The van der Waals surface area contributed by atoms with Gasteiger partial charge in [-0.05, 0) is 49.1 Å². The highest BCUT2D eigenvalue weighted by Crippen LogP contribution is 2.16. The average molecular weight is 389 g/mol. The first-order valence-corrected chi connectivity index (χ1v) is 9.16. The number of nitrogens with one attached hydrogen (secondary N) is 1. The molecule has 2 rings (SSSR count). The zero-order valence-corrected chi connectivity index (χ0v) is 16.5. The van der Waals surface area contributed by atoms with Crippen molar-refractivity contribution in [3.63, 3.8) is 0 Å². The molecule has 0 aliphatic rings. The van der Waals surface area contributed by atoms with Gasteiger partial charge >= 0.3 is 5.97 Å². The first kappa shape index (κ1) is 21.1. The molecule has 0 spiro atoms. The van der Waals surface area contributed by atoms with Crippen LogP contribution in [0.4, 0.5) is 0 Å². The Kier molecular flexibility index (Phi) is 7.98. The van der Waals surface area contributed by atoms with Gasteiger partial charge in [0.05, 0.1) is 12.8 Å². The summed E-state index contributed by atoms with van der Waals surface area (Å²) in [4.78, 5) is 15.4. The number of halogens is 1. The van der Waals surface area contributed by atoms with E-state index in [2.05, 4.69) is 22.0 Å². The van der Waals surface area contributed by atoms with E-state index in [1.54, 1.807) is 18.2 Å². The number of rotatable bonds is 8. The normalized spacial score (nSPS) is 13.9. The van der Waals surface area contributed by atoms with Crippen molar-refractivity contribution in [2.75, 3.05) is 13.7 Å². The number of aliphatic hydroxyl groups excluding tert-OH is 1. The number of carbonyl (C=O) groups excluding carboxylic acids is 1. The SMILES string of the molecule is COC(=O)C=C(C)c1ccc(C[C@@H](C)NC[C@@H](O)c2cccc(Cl)n2)cc1. The van der Waals surface area contributed by atoms with E-state index in [9.17, 15) is 9.90 Å². The molecule has 0 saturated carbocycles. The van der Waals surface area contributed by atoms with Crippen molar-refractivity contribution in [3.8, 4) is 0 Å². The Balaban J connectivity index is 1.87. The maximum absolute atomic E-state index is 11.3. The van der Waals surface area contributed by atoms with E-state index in [0.29, 0.717) is 17.4 Å². The molecule has 0 fully saturated rings. The summed E-state index contributed by atoms with van der Waals surface area (Å²) in [5, 5.41) is 13.9. The van der Waals surface area contributed by atoms with Gasteiger partial charge in [0.15, 0.2) is 0 Å². The average Bonchev–Trinajstić information content (AvgIpc) is 2.66. The summed E-state index contributed by atoms with van der Waals surface area (Å²) >= 11 is 5.86. The van der Waals surface area contributed by atoms with Crippen molar-refractivity contribution in [1.29, 1.82) is 0 Å². The quantitative estimate of drug-likeness (QED) is 0.411. The number of aliphatic hydroxyl groups is 1. The van der Waals surface area contributed by atoms with Crippen molar-refractivity contribution >= 4 is 23.1 Å². The summed E-state index contributed by atoms with van der Waals surface area (Å²) in [5.41, 5.74) is 3.56. The maximum atomic E-state index is 11.3. The van der Waals surface area contributed by atoms with Crippen LogP contribution in [0.2, 0.25) is 5.15 Å². The topological polar surface area (TPSA) is 71.5 Å². The van der Waals surface area contributed by atoms with Crippen LogP contribution in [0.5, 0.6) is 0 Å². The predicted octanol–water partition coefficient (Wildman–Crippen LogP) is 3.57. The lowest BCUT2D eigenvalue weighted by molar-refractivity contribution is -0.134. The van der Waals surface area contributed by atoms with Crippen molar-refractivity contribution < 1.29 is 14.6 Å². The molecule has 144 valence electrons. The van der Waals surface area contributed by atoms with Crippen molar-refractivity contribution in [3.05, 3.63) is 70.5 Å². The standard InChI is InChI=1S/C21H25ClN2O3/c1-14(11-21(26)27-3)17-9-7-16(8-10-17)12-15(2)23-13-19(25)18-5-4-6-20(22)24-18/h4-11,15,19,23,25H,12-13H2,1-3H3/t15-,19-/m1/s1. The summed E-state index contributed by atoms with van der Waals surface area (Å²) in [7, 11) is 1.36. The molecule has 2 atom stereocenters. The molecular weight excluding hydrogens is 364 g/mol. The van der Waals surface area contributed by atoms with Crippen LogP contribution in [0.15, 0.2) is 48.5 Å². The maximum Gasteiger partial charge on any atom is 0.330 e. The monoisotopic (exact) mass is 388 g/mol. The Morgan fingerprint density at radius 3 is 2.63 bits per heavy atom. The third-order valence-electron chi connectivity index (χ3n) is 4.22. The molecular formula is C21H25ClN2O3. The number of carbonyl (C=O) groups is 1. The number of hydrogen-bond acceptors (Lipinski definition) is 5. The predicted molar refractivity (Wildman–Crippen MR) is 107 cm³/mol. The molecule has 0 aliphatic carbocycles. The largest absolute Gasteiger partial charge is 0.466 e. The smallest absolute Gasteiger partial charge is 0.330 e. The molecule has 1 aromatic heterocycles. The second-order valence-electron chi connectivity index (χ2n) is 6.46. The van der Waals surface area contributed by atoms with Crippen LogP contribution in [-0.4, -0.2) is 35.8 Å². The molecule has 0 aliphatic heterocycles. The van der Waals surface area contributed by atoms with Crippen LogP contribution in [0.25, 0.3) is 5.57 Å². The molecule has 1 aromatic carbocycles. The number of hydrogen-bond donors (Lipinski definition) is 2. The summed E-state index contributed by atoms with van der Waals surface area (Å²) in [5.74, 6) is -0.359. The van der Waals surface area contributed by atoms with Crippen molar-refractivity contribution in [1.82, 2.24) is 10.3 Å². The third-order valence-corrected chi connectivity index (χ3v) is 4.43. The molecule has 27 heavy (non-hydrogen) atoms. The van der Waals surface area contributed by atoms with Gasteiger partial charge in [0, 0.05) is 18.7 Å². The number of pyridine rings is 1. The number of allylic oxidation sites excluding steroid dienone is 1. The highest BCUT2D eigenvalue weighted by Gasteiger charge is 2.11. The van der Waals surface area contributed by atoms with Crippen LogP contribution in [-0.2, 0) is 16.0 Å². The Morgan fingerprint density at radius 2 is 2.00 bits per heavy atom. The molecule has 6 heteroatoms. The fraction of sp³-hybridized carbons (Fsp3) is 0.333. The third kappa shape index (κ3) is 6.79. The minimum absolute atomic E-state index is 0.177. The Bertz CT molecular complexity index is 790. The fourth-order valence-corrected chi connectivity index (χ4v) is 2.85. The van der Waals surface area contributed by atoms with Crippen molar-refractivity contribution in [2.45, 2.75) is 32.4 Å². The highest BCUT2D eigenvalue weighted by atomic mass is 35.5. The molecule has 0 saturated heterocycles. The molecule has 0 bridgehead atoms. The molecule has 0 amide bonds. The van der Waals surface area contributed by atoms with Gasteiger partial charge in [-0.2, -0.15) is 0 Å². The number of benzene rings is 1. The zero-order valence-electron chi connectivity index (χ0n) is 15.8. The molecule has 5 nitrogen and oxygen atoms in total. The van der Waals surface area contributed by atoms with E-state index in [1.165, 1.54) is 18.7 Å². The van der Waals surface area contributed by atoms with E-state index in [4.69, 9.17) is 11.6 Å². The van der Waals surface area contributed by atoms with Gasteiger partial charge in [0.2, 0.25) is 0 Å². The molecule has 2 N–H and O–H groups in total. The van der Waals surface area contributed by atoms with E-state index >= 15 is 0 Å². The van der Waals surface area contributed by atoms with Crippen LogP contribution in [0, 0.1) is 0 Å². The summed E-state index contributed by atoms with van der Waals surface area (Å²) in [6.45, 7) is 4.34.